The number of hydrogen-bond donors (Lipinski definition) is 2. The Morgan fingerprint density at radius 3 is 2.32 bits per heavy atom. The molecule has 0 radical (unpaired) electrons. The van der Waals surface area contributed by atoms with E-state index in [-0.39, 0.29) is 23.2 Å². The van der Waals surface area contributed by atoms with Gasteiger partial charge in [-0.1, -0.05) is 0 Å². The summed E-state index contributed by atoms with van der Waals surface area (Å²) in [6.07, 6.45) is 0. The molecule has 1 saturated heterocycles. The summed E-state index contributed by atoms with van der Waals surface area (Å²) in [7, 11) is -0.449. The molecule has 0 saturated carbocycles. The van der Waals surface area contributed by atoms with E-state index in [0.29, 0.717) is 5.56 Å². The molecule has 6 heteroatoms. The Morgan fingerprint density at radius 2 is 1.79 bits per heavy atom. The maximum atomic E-state index is 11.7. The van der Waals surface area contributed by atoms with Gasteiger partial charge in [0.15, 0.2) is 0 Å². The van der Waals surface area contributed by atoms with E-state index in [1.165, 1.54) is 0 Å². The van der Waals surface area contributed by atoms with E-state index in [1.807, 2.05) is 40.7 Å². The van der Waals surface area contributed by atoms with Crippen molar-refractivity contribution in [3.63, 3.8) is 0 Å². The molecule has 2 aliphatic rings. The Labute approximate surface area is 113 Å². The first-order chi connectivity index (χ1) is 8.71. The van der Waals surface area contributed by atoms with Crippen molar-refractivity contribution in [3.05, 3.63) is 17.3 Å². The number of H-pyrrole nitrogens is 1. The monoisotopic (exact) mass is 262 g/mol. The Bertz CT molecular complexity index is 534. The van der Waals surface area contributed by atoms with Crippen molar-refractivity contribution in [2.75, 3.05) is 0 Å². The van der Waals surface area contributed by atoms with Crippen molar-refractivity contribution in [3.8, 4) is 0 Å². The first kappa shape index (κ1) is 12.8. The lowest BCUT2D eigenvalue weighted by Gasteiger charge is -2.32. The number of carbonyl (C=O) groups is 1. The first-order valence-electron chi connectivity index (χ1n) is 6.60. The summed E-state index contributed by atoms with van der Waals surface area (Å²) in [6.45, 7) is 10.0. The van der Waals surface area contributed by atoms with Crippen LogP contribution in [-0.2, 0) is 9.31 Å². The largest absolute Gasteiger partial charge is 0.512 e. The molecular weight excluding hydrogens is 243 g/mol. The maximum Gasteiger partial charge on any atom is 0.512 e. The highest BCUT2D eigenvalue weighted by molar-refractivity contribution is 6.61. The van der Waals surface area contributed by atoms with E-state index in [4.69, 9.17) is 9.31 Å². The minimum Gasteiger partial charge on any atom is -0.398 e. The normalized spacial score (nSPS) is 27.5. The molecule has 102 valence electrons. The molecule has 19 heavy (non-hydrogen) atoms. The topological polar surface area (TPSA) is 63.4 Å². The van der Waals surface area contributed by atoms with Crippen LogP contribution in [-0.4, -0.2) is 29.2 Å². The van der Waals surface area contributed by atoms with Gasteiger partial charge in [0.05, 0.1) is 22.8 Å². The van der Waals surface area contributed by atoms with E-state index in [2.05, 4.69) is 10.3 Å². The van der Waals surface area contributed by atoms with Crippen LogP contribution >= 0.6 is 0 Å². The molecule has 2 N–H and O–H groups in total. The number of hydrogen-bond acceptors (Lipinski definition) is 3. The number of aromatic nitrogens is 1. The first-order valence-corrected chi connectivity index (χ1v) is 6.60. The third-order valence-corrected chi connectivity index (χ3v) is 4.40. The highest BCUT2D eigenvalue weighted by Gasteiger charge is 2.52. The van der Waals surface area contributed by atoms with Gasteiger partial charge in [-0.15, -0.1) is 0 Å². The summed E-state index contributed by atoms with van der Waals surface area (Å²) in [4.78, 5) is 15.0. The summed E-state index contributed by atoms with van der Waals surface area (Å²) in [5.74, 6) is -0.0403. The second-order valence-electron chi connectivity index (χ2n) is 6.34. The Morgan fingerprint density at radius 1 is 1.21 bits per heavy atom. The molecule has 0 spiro atoms. The van der Waals surface area contributed by atoms with E-state index in [9.17, 15) is 4.79 Å². The van der Waals surface area contributed by atoms with Gasteiger partial charge in [-0.25, -0.2) is 0 Å². The van der Waals surface area contributed by atoms with Crippen LogP contribution in [0.25, 0.3) is 0 Å². The quantitative estimate of drug-likeness (QED) is 0.745. The Hall–Kier alpha value is -1.27. The molecule has 1 aromatic rings. The minimum atomic E-state index is -0.449. The van der Waals surface area contributed by atoms with E-state index in [1.54, 1.807) is 0 Å². The van der Waals surface area contributed by atoms with Crippen molar-refractivity contribution in [1.29, 1.82) is 0 Å². The van der Waals surface area contributed by atoms with Crippen LogP contribution in [0.5, 0.6) is 0 Å². The van der Waals surface area contributed by atoms with Crippen molar-refractivity contribution in [1.82, 2.24) is 10.3 Å². The molecule has 0 aliphatic carbocycles. The number of carbonyl (C=O) groups excluding carboxylic acids is 1. The fourth-order valence-electron chi connectivity index (χ4n) is 2.47. The molecule has 0 aromatic carbocycles. The van der Waals surface area contributed by atoms with Crippen molar-refractivity contribution >= 4 is 18.6 Å². The van der Waals surface area contributed by atoms with Gasteiger partial charge in [0.1, 0.15) is 0 Å². The van der Waals surface area contributed by atoms with Gasteiger partial charge in [-0.05, 0) is 40.7 Å². The van der Waals surface area contributed by atoms with Gasteiger partial charge in [-0.2, -0.15) is 0 Å². The van der Waals surface area contributed by atoms with Crippen LogP contribution < -0.4 is 10.9 Å². The number of rotatable bonds is 1. The van der Waals surface area contributed by atoms with Gasteiger partial charge in [0.2, 0.25) is 0 Å². The van der Waals surface area contributed by atoms with E-state index < -0.39 is 7.12 Å². The molecule has 1 amide bonds. The van der Waals surface area contributed by atoms with Crippen molar-refractivity contribution < 1.29 is 14.1 Å². The van der Waals surface area contributed by atoms with Crippen LogP contribution in [0.4, 0.5) is 0 Å². The third kappa shape index (κ3) is 1.74. The fourth-order valence-corrected chi connectivity index (χ4v) is 2.47. The molecule has 2 aliphatic heterocycles. The van der Waals surface area contributed by atoms with Gasteiger partial charge in [0.25, 0.3) is 5.91 Å². The number of fused-ring (bicyclic) bond motifs is 1. The minimum absolute atomic E-state index is 0.0127. The summed E-state index contributed by atoms with van der Waals surface area (Å²) < 4.78 is 11.9. The van der Waals surface area contributed by atoms with E-state index >= 15 is 0 Å². The second-order valence-corrected chi connectivity index (χ2v) is 6.34. The maximum absolute atomic E-state index is 11.7. The Balaban J connectivity index is 1.92. The molecule has 5 nitrogen and oxygen atoms in total. The van der Waals surface area contributed by atoms with Crippen LogP contribution in [0.3, 0.4) is 0 Å². The smallest absolute Gasteiger partial charge is 0.398 e. The van der Waals surface area contributed by atoms with Crippen LogP contribution in [0, 0.1) is 0 Å². The third-order valence-electron chi connectivity index (χ3n) is 4.40. The number of nitrogens with one attached hydrogen (secondary N) is 2. The lowest BCUT2D eigenvalue weighted by Crippen LogP contribution is -2.41. The SMILES string of the molecule is CC1NC(=O)c2cc(B3OC(C)(C)C(C)(C)O3)[nH]c21. The summed E-state index contributed by atoms with van der Waals surface area (Å²) >= 11 is 0. The molecule has 3 heterocycles. The molecular formula is C13H19BN2O3. The van der Waals surface area contributed by atoms with Crippen LogP contribution in [0.1, 0.15) is 56.7 Å². The van der Waals surface area contributed by atoms with Crippen LogP contribution in [0.15, 0.2) is 6.07 Å². The highest BCUT2D eigenvalue weighted by atomic mass is 16.7. The van der Waals surface area contributed by atoms with E-state index in [0.717, 1.165) is 11.3 Å². The Kier molecular flexibility index (Phi) is 2.44. The van der Waals surface area contributed by atoms with Gasteiger partial charge >= 0.3 is 7.12 Å². The van der Waals surface area contributed by atoms with Gasteiger partial charge in [0, 0.05) is 11.3 Å². The predicted molar refractivity (Wildman–Crippen MR) is 72.4 cm³/mol. The molecule has 1 atom stereocenters. The molecule has 0 bridgehead atoms. The zero-order valence-corrected chi connectivity index (χ0v) is 12.0. The predicted octanol–water partition coefficient (Wildman–Crippen LogP) is 1.12. The average molecular weight is 262 g/mol. The average Bonchev–Trinajstić information content (AvgIpc) is 2.85. The highest BCUT2D eigenvalue weighted by Crippen LogP contribution is 2.36. The van der Waals surface area contributed by atoms with Crippen LogP contribution in [0.2, 0.25) is 0 Å². The van der Waals surface area contributed by atoms with Crippen molar-refractivity contribution in [2.45, 2.75) is 51.9 Å². The molecule has 1 aromatic heterocycles. The lowest BCUT2D eigenvalue weighted by atomic mass is 9.85. The molecule has 3 rings (SSSR count). The summed E-state index contributed by atoms with van der Waals surface area (Å²) in [6, 6.07) is 1.84. The zero-order valence-electron chi connectivity index (χ0n) is 12.0. The molecule has 1 fully saturated rings. The van der Waals surface area contributed by atoms with Gasteiger partial charge in [-0.3, -0.25) is 4.79 Å². The molecule has 1 unspecified atom stereocenters. The number of aromatic amines is 1. The van der Waals surface area contributed by atoms with Gasteiger partial charge < -0.3 is 19.6 Å². The standard InChI is InChI=1S/C13H19BN2O3/c1-7-10-8(11(17)15-7)6-9(16-10)14-18-12(2,3)13(4,5)19-14/h6-7,16H,1-5H3,(H,15,17). The second kappa shape index (κ2) is 3.64. The fraction of sp³-hybridized carbons (Fsp3) is 0.615. The lowest BCUT2D eigenvalue weighted by molar-refractivity contribution is 0.00578. The summed E-state index contributed by atoms with van der Waals surface area (Å²) in [5, 5.41) is 2.86. The summed E-state index contributed by atoms with van der Waals surface area (Å²) in [5.41, 5.74) is 1.67. The zero-order chi connectivity index (χ0) is 14.0. The number of amides is 1. The van der Waals surface area contributed by atoms with Crippen molar-refractivity contribution in [2.24, 2.45) is 0 Å².